The van der Waals surface area contributed by atoms with Gasteiger partial charge in [0.05, 0.1) is 11.9 Å². The largest absolute Gasteiger partial charge is 0.289 e. The third kappa shape index (κ3) is 4.22. The first kappa shape index (κ1) is 17.1. The van der Waals surface area contributed by atoms with Crippen LogP contribution in [0.1, 0.15) is 27.2 Å². The molecule has 0 unspecified atom stereocenters. The number of H-pyrrole nitrogens is 1. The van der Waals surface area contributed by atoms with Crippen molar-refractivity contribution in [1.29, 1.82) is 0 Å². The lowest BCUT2D eigenvalue weighted by Gasteiger charge is -2.01. The molecule has 3 rings (SSSR count). The summed E-state index contributed by atoms with van der Waals surface area (Å²) in [6.45, 7) is 4.11. The van der Waals surface area contributed by atoms with E-state index in [1.54, 1.807) is 12.3 Å². The predicted octanol–water partition coefficient (Wildman–Crippen LogP) is 4.22. The third-order valence-corrected chi connectivity index (χ3v) is 4.35. The smallest absolute Gasteiger partial charge is 0.272 e. The van der Waals surface area contributed by atoms with Gasteiger partial charge in [-0.2, -0.15) is 10.2 Å². The van der Waals surface area contributed by atoms with Crippen molar-refractivity contribution in [3.8, 4) is 11.3 Å². The number of carbonyl (C=O) groups is 1. The van der Waals surface area contributed by atoms with E-state index in [4.69, 9.17) is 0 Å². The molecular weight excluding hydrogens is 380 g/mol. The first-order valence-corrected chi connectivity index (χ1v) is 8.54. The number of nitrogens with zero attached hydrogens (tertiary/aromatic N) is 2. The summed E-state index contributed by atoms with van der Waals surface area (Å²) in [5, 5.41) is 10.9. The molecule has 1 heterocycles. The first-order chi connectivity index (χ1) is 12.0. The zero-order valence-corrected chi connectivity index (χ0v) is 15.5. The Hall–Kier alpha value is -2.73. The molecule has 0 aliphatic heterocycles. The van der Waals surface area contributed by atoms with Gasteiger partial charge in [0.1, 0.15) is 5.69 Å². The Balaban J connectivity index is 1.69. The molecular formula is C19H17BrN4O. The van der Waals surface area contributed by atoms with Crippen molar-refractivity contribution in [2.75, 3.05) is 0 Å². The first-order valence-electron chi connectivity index (χ1n) is 7.75. The maximum absolute atomic E-state index is 12.2. The molecule has 0 bridgehead atoms. The van der Waals surface area contributed by atoms with E-state index < -0.39 is 0 Å². The molecule has 126 valence electrons. The van der Waals surface area contributed by atoms with Crippen molar-refractivity contribution < 1.29 is 4.79 Å². The molecule has 3 aromatic rings. The Morgan fingerprint density at radius 3 is 2.76 bits per heavy atom. The molecule has 0 saturated carbocycles. The normalized spacial score (nSPS) is 11.0. The highest BCUT2D eigenvalue weighted by molar-refractivity contribution is 9.10. The number of nitrogens with one attached hydrogen (secondary N) is 2. The summed E-state index contributed by atoms with van der Waals surface area (Å²) >= 11 is 3.39. The lowest BCUT2D eigenvalue weighted by Crippen LogP contribution is -2.17. The second-order valence-electron chi connectivity index (χ2n) is 5.72. The Morgan fingerprint density at radius 2 is 2.00 bits per heavy atom. The second-order valence-corrected chi connectivity index (χ2v) is 6.64. The van der Waals surface area contributed by atoms with Crippen LogP contribution < -0.4 is 5.43 Å². The Kier molecular flexibility index (Phi) is 5.09. The molecule has 0 spiro atoms. The van der Waals surface area contributed by atoms with E-state index in [0.29, 0.717) is 5.69 Å². The van der Waals surface area contributed by atoms with Crippen LogP contribution in [0.4, 0.5) is 0 Å². The summed E-state index contributed by atoms with van der Waals surface area (Å²) in [4.78, 5) is 12.2. The minimum absolute atomic E-state index is 0.339. The number of amides is 1. The number of hydrazone groups is 1. The molecule has 0 saturated heterocycles. The molecule has 0 atom stereocenters. The molecule has 5 nitrogen and oxygen atoms in total. The number of benzene rings is 2. The average Bonchev–Trinajstić information content (AvgIpc) is 3.07. The van der Waals surface area contributed by atoms with Crippen molar-refractivity contribution in [2.45, 2.75) is 13.8 Å². The number of hydrogen-bond donors (Lipinski definition) is 2. The number of aryl methyl sites for hydroxylation is 2. The molecule has 6 heteroatoms. The van der Waals surface area contributed by atoms with Gasteiger partial charge in [0.2, 0.25) is 0 Å². The van der Waals surface area contributed by atoms with E-state index >= 15 is 0 Å². The monoisotopic (exact) mass is 396 g/mol. The molecule has 1 amide bonds. The summed E-state index contributed by atoms with van der Waals surface area (Å²) in [6, 6.07) is 15.4. The van der Waals surface area contributed by atoms with E-state index in [1.165, 1.54) is 11.1 Å². The van der Waals surface area contributed by atoms with Gasteiger partial charge >= 0.3 is 0 Å². The molecule has 25 heavy (non-hydrogen) atoms. The van der Waals surface area contributed by atoms with Crippen molar-refractivity contribution in [1.82, 2.24) is 15.6 Å². The fourth-order valence-electron chi connectivity index (χ4n) is 2.30. The van der Waals surface area contributed by atoms with Crippen molar-refractivity contribution in [3.63, 3.8) is 0 Å². The predicted molar refractivity (Wildman–Crippen MR) is 103 cm³/mol. The van der Waals surface area contributed by atoms with Crippen LogP contribution in [0, 0.1) is 13.8 Å². The fraction of sp³-hybridized carbons (Fsp3) is 0.105. The van der Waals surface area contributed by atoms with Crippen LogP contribution in [-0.2, 0) is 0 Å². The summed E-state index contributed by atoms with van der Waals surface area (Å²) in [6.07, 6.45) is 1.59. The Bertz CT molecular complexity index is 946. The van der Waals surface area contributed by atoms with Crippen LogP contribution in [0.25, 0.3) is 11.3 Å². The molecule has 0 fully saturated rings. The van der Waals surface area contributed by atoms with Gasteiger partial charge in [-0.1, -0.05) is 40.2 Å². The number of rotatable bonds is 4. The lowest BCUT2D eigenvalue weighted by molar-refractivity contribution is 0.0950. The highest BCUT2D eigenvalue weighted by atomic mass is 79.9. The van der Waals surface area contributed by atoms with Crippen LogP contribution in [0.3, 0.4) is 0 Å². The standard InChI is InChI=1S/C19H17BrN4O/c1-12-6-7-15(8-13(12)2)17-10-18(23-22-17)19(25)24-21-11-14-4-3-5-16(20)9-14/h3-11H,1-2H3,(H,22,23)(H,24,25)/b21-11-. The molecule has 2 N–H and O–H groups in total. The highest BCUT2D eigenvalue weighted by Crippen LogP contribution is 2.20. The SMILES string of the molecule is Cc1ccc(-c2cc(C(=O)N/N=C\c3cccc(Br)c3)[nH]n2)cc1C. The van der Waals surface area contributed by atoms with Crippen molar-refractivity contribution in [3.05, 3.63) is 75.4 Å². The maximum atomic E-state index is 12.2. The number of hydrogen-bond acceptors (Lipinski definition) is 3. The van der Waals surface area contributed by atoms with E-state index in [-0.39, 0.29) is 5.91 Å². The Labute approximate surface area is 154 Å². The van der Waals surface area contributed by atoms with Gasteiger partial charge < -0.3 is 0 Å². The molecule has 0 radical (unpaired) electrons. The minimum Gasteiger partial charge on any atom is -0.272 e. The van der Waals surface area contributed by atoms with Crippen molar-refractivity contribution >= 4 is 28.1 Å². The van der Waals surface area contributed by atoms with Gasteiger partial charge in [-0.25, -0.2) is 5.43 Å². The maximum Gasteiger partial charge on any atom is 0.289 e. The van der Waals surface area contributed by atoms with E-state index in [2.05, 4.69) is 56.6 Å². The lowest BCUT2D eigenvalue weighted by atomic mass is 10.0. The van der Waals surface area contributed by atoms with Crippen LogP contribution in [0.15, 0.2) is 58.1 Å². The summed E-state index contributed by atoms with van der Waals surface area (Å²) < 4.78 is 0.953. The van der Waals surface area contributed by atoms with Gasteiger partial charge in [0, 0.05) is 10.0 Å². The molecule has 2 aromatic carbocycles. The number of aromatic amines is 1. The molecule has 0 aliphatic carbocycles. The Morgan fingerprint density at radius 1 is 1.16 bits per heavy atom. The van der Waals surface area contributed by atoms with E-state index in [1.807, 2.05) is 36.4 Å². The minimum atomic E-state index is -0.339. The molecule has 1 aromatic heterocycles. The highest BCUT2D eigenvalue weighted by Gasteiger charge is 2.10. The van der Waals surface area contributed by atoms with Crippen LogP contribution in [-0.4, -0.2) is 22.3 Å². The fourth-order valence-corrected chi connectivity index (χ4v) is 2.72. The molecule has 0 aliphatic rings. The quantitative estimate of drug-likeness (QED) is 0.511. The van der Waals surface area contributed by atoms with Crippen LogP contribution >= 0.6 is 15.9 Å². The summed E-state index contributed by atoms with van der Waals surface area (Å²) in [5.74, 6) is -0.339. The van der Waals surface area contributed by atoms with Gasteiger partial charge in [-0.05, 0) is 54.8 Å². The third-order valence-electron chi connectivity index (χ3n) is 3.85. The second kappa shape index (κ2) is 7.44. The number of aromatic nitrogens is 2. The average molecular weight is 397 g/mol. The van der Waals surface area contributed by atoms with Gasteiger partial charge in [-0.3, -0.25) is 9.89 Å². The van der Waals surface area contributed by atoms with Gasteiger partial charge in [-0.15, -0.1) is 0 Å². The number of carbonyl (C=O) groups excluding carboxylic acids is 1. The summed E-state index contributed by atoms with van der Waals surface area (Å²) in [5.41, 5.74) is 7.84. The van der Waals surface area contributed by atoms with Crippen LogP contribution in [0.5, 0.6) is 0 Å². The number of halogens is 1. The van der Waals surface area contributed by atoms with Crippen LogP contribution in [0.2, 0.25) is 0 Å². The van der Waals surface area contributed by atoms with E-state index in [0.717, 1.165) is 21.3 Å². The topological polar surface area (TPSA) is 70.1 Å². The zero-order chi connectivity index (χ0) is 17.8. The van der Waals surface area contributed by atoms with Crippen molar-refractivity contribution in [2.24, 2.45) is 5.10 Å². The van der Waals surface area contributed by atoms with Gasteiger partial charge in [0.25, 0.3) is 5.91 Å². The summed E-state index contributed by atoms with van der Waals surface area (Å²) in [7, 11) is 0. The van der Waals surface area contributed by atoms with E-state index in [9.17, 15) is 4.79 Å². The van der Waals surface area contributed by atoms with Gasteiger partial charge in [0.15, 0.2) is 0 Å². The zero-order valence-electron chi connectivity index (χ0n) is 13.9.